The molecule has 0 aromatic rings. The average molecular weight is 691 g/mol. The number of rotatable bonds is 36. The number of likely N-dealkylation sites (N-methyl/N-ethyl adjacent to an activating group) is 1. The van der Waals surface area contributed by atoms with Crippen molar-refractivity contribution in [1.29, 1.82) is 0 Å². The number of quaternary nitrogens is 1. The Hall–Kier alpha value is -0.170. The Morgan fingerprint density at radius 2 is 0.771 bits per heavy atom. The zero-order chi connectivity index (χ0) is 34.9. The average Bonchev–Trinajstić information content (AvgIpc) is 3.56. The van der Waals surface area contributed by atoms with Crippen molar-refractivity contribution in [2.24, 2.45) is 0 Å². The van der Waals surface area contributed by atoms with Crippen molar-refractivity contribution in [3.05, 3.63) is 24.3 Å². The predicted octanol–water partition coefficient (Wildman–Crippen LogP) is 15.5. The quantitative estimate of drug-likeness (QED) is 0.0275. The van der Waals surface area contributed by atoms with Gasteiger partial charge in [-0.3, -0.25) is 0 Å². The van der Waals surface area contributed by atoms with Crippen LogP contribution in [-0.4, -0.2) is 50.1 Å². The van der Waals surface area contributed by atoms with Gasteiger partial charge >= 0.3 is 0 Å². The Labute approximate surface area is 305 Å². The van der Waals surface area contributed by atoms with E-state index in [1.165, 1.54) is 224 Å². The summed E-state index contributed by atoms with van der Waals surface area (Å²) in [5.41, 5.74) is 0.107. The van der Waals surface area contributed by atoms with Crippen LogP contribution in [0.3, 0.4) is 0 Å². The van der Waals surface area contributed by atoms with Gasteiger partial charge in [0.2, 0.25) is 0 Å². The van der Waals surface area contributed by atoms with Crippen molar-refractivity contribution >= 4 is 8.15 Å². The van der Waals surface area contributed by atoms with E-state index in [9.17, 15) is 0 Å². The van der Waals surface area contributed by atoms with Gasteiger partial charge in [0.05, 0.1) is 21.1 Å². The first-order valence-corrected chi connectivity index (χ1v) is 23.6. The molecule has 0 N–H and O–H groups in total. The molecule has 1 fully saturated rings. The van der Waals surface area contributed by atoms with E-state index in [1.807, 2.05) is 0 Å². The lowest BCUT2D eigenvalue weighted by molar-refractivity contribution is -0.876. The second-order valence-electron chi connectivity index (χ2n) is 16.7. The highest BCUT2D eigenvalue weighted by Gasteiger charge is 2.39. The van der Waals surface area contributed by atoms with Crippen LogP contribution in [0.25, 0.3) is 0 Å². The number of allylic oxidation sites excluding steroid dienone is 4. The molecular formula is C45H89NOP+. The van der Waals surface area contributed by atoms with Gasteiger partial charge in [-0.15, -0.1) is 0 Å². The van der Waals surface area contributed by atoms with Crippen molar-refractivity contribution in [1.82, 2.24) is 0 Å². The van der Waals surface area contributed by atoms with Crippen LogP contribution in [0.4, 0.5) is 0 Å². The number of hydrogen-bond acceptors (Lipinski definition) is 1. The summed E-state index contributed by atoms with van der Waals surface area (Å²) in [6.07, 6.45) is 56.7. The first-order valence-electron chi connectivity index (χ1n) is 22.0. The van der Waals surface area contributed by atoms with Crippen molar-refractivity contribution in [3.8, 4) is 0 Å². The smallest absolute Gasteiger partial charge is 0.121 e. The van der Waals surface area contributed by atoms with Crippen LogP contribution in [0.15, 0.2) is 24.3 Å². The van der Waals surface area contributed by atoms with Crippen LogP contribution in [0, 0.1) is 0 Å². The molecule has 0 radical (unpaired) electrons. The number of hydrogen-bond donors (Lipinski definition) is 0. The third kappa shape index (κ3) is 29.5. The van der Waals surface area contributed by atoms with Crippen molar-refractivity contribution in [3.63, 3.8) is 0 Å². The molecule has 48 heavy (non-hydrogen) atoms. The first-order chi connectivity index (χ1) is 23.4. The third-order valence-corrected chi connectivity index (χ3v) is 12.7. The van der Waals surface area contributed by atoms with E-state index in [1.54, 1.807) is 0 Å². The van der Waals surface area contributed by atoms with E-state index in [0.717, 1.165) is 4.48 Å². The van der Waals surface area contributed by atoms with Crippen LogP contribution in [0.1, 0.15) is 219 Å². The second-order valence-corrected chi connectivity index (χ2v) is 18.8. The summed E-state index contributed by atoms with van der Waals surface area (Å²) in [5.74, 6) is 0. The summed E-state index contributed by atoms with van der Waals surface area (Å²) in [6, 6.07) is 0. The molecule has 0 bridgehead atoms. The van der Waals surface area contributed by atoms with E-state index in [0.29, 0.717) is 0 Å². The highest BCUT2D eigenvalue weighted by atomic mass is 31.1. The molecule has 0 aliphatic carbocycles. The summed E-state index contributed by atoms with van der Waals surface area (Å²) in [7, 11) is 6.98. The van der Waals surface area contributed by atoms with Gasteiger partial charge in [-0.05, 0) is 89.4 Å². The molecule has 1 rings (SSSR count). The molecule has 1 heterocycles. The SMILES string of the molecule is CCCCCCCC/C=C\CCCCCCCCC(CCCCCCCC/C=C\CCCCCCCC)(C[N+](C)(C)C)OP1CCCC1. The lowest BCUT2D eigenvalue weighted by Gasteiger charge is -2.41. The number of nitrogens with zero attached hydrogens (tertiary/aromatic N) is 1. The van der Waals surface area contributed by atoms with E-state index in [2.05, 4.69) is 59.3 Å². The van der Waals surface area contributed by atoms with Crippen molar-refractivity contribution in [2.45, 2.75) is 225 Å². The van der Waals surface area contributed by atoms with E-state index < -0.39 is 0 Å². The number of unbranched alkanes of at least 4 members (excludes halogenated alkanes) is 24. The Bertz CT molecular complexity index is 677. The van der Waals surface area contributed by atoms with Crippen LogP contribution in [-0.2, 0) is 4.52 Å². The highest BCUT2D eigenvalue weighted by molar-refractivity contribution is 7.52. The van der Waals surface area contributed by atoms with Gasteiger partial charge in [-0.1, -0.05) is 167 Å². The summed E-state index contributed by atoms with van der Waals surface area (Å²) >= 11 is 0. The molecular weight excluding hydrogens is 601 g/mol. The molecule has 1 saturated heterocycles. The zero-order valence-electron chi connectivity index (χ0n) is 33.9. The topological polar surface area (TPSA) is 9.23 Å². The lowest BCUT2D eigenvalue weighted by Crippen LogP contribution is -2.50. The van der Waals surface area contributed by atoms with Gasteiger partial charge in [0.1, 0.15) is 12.1 Å². The largest absolute Gasteiger partial charge is 0.347 e. The molecule has 0 spiro atoms. The molecule has 2 nitrogen and oxygen atoms in total. The van der Waals surface area contributed by atoms with Gasteiger partial charge < -0.3 is 9.01 Å². The molecule has 0 atom stereocenters. The Kier molecular flexibility index (Phi) is 31.3. The second kappa shape index (κ2) is 32.7. The van der Waals surface area contributed by atoms with Crippen LogP contribution >= 0.6 is 8.15 Å². The monoisotopic (exact) mass is 691 g/mol. The van der Waals surface area contributed by atoms with Gasteiger partial charge in [0, 0.05) is 8.15 Å². The summed E-state index contributed by atoms with van der Waals surface area (Å²) in [5, 5.41) is 0. The summed E-state index contributed by atoms with van der Waals surface area (Å²) in [4.78, 5) is 0. The van der Waals surface area contributed by atoms with Crippen LogP contribution < -0.4 is 0 Å². The van der Waals surface area contributed by atoms with E-state index in [-0.39, 0.29) is 13.7 Å². The summed E-state index contributed by atoms with van der Waals surface area (Å²) in [6.45, 7) is 5.79. The highest BCUT2D eigenvalue weighted by Crippen LogP contribution is 2.50. The van der Waals surface area contributed by atoms with Crippen molar-refractivity contribution < 1.29 is 9.01 Å². The lowest BCUT2D eigenvalue weighted by atomic mass is 9.88. The first kappa shape index (κ1) is 45.9. The fourth-order valence-corrected chi connectivity index (χ4v) is 10.1. The van der Waals surface area contributed by atoms with Gasteiger partial charge in [-0.25, -0.2) is 0 Å². The minimum absolute atomic E-state index is 0.107. The maximum atomic E-state index is 7.26. The van der Waals surface area contributed by atoms with Gasteiger partial charge in [-0.2, -0.15) is 0 Å². The van der Waals surface area contributed by atoms with E-state index in [4.69, 9.17) is 4.52 Å². The van der Waals surface area contributed by atoms with Gasteiger partial charge in [0.25, 0.3) is 0 Å². The molecule has 0 saturated carbocycles. The molecule has 0 aromatic carbocycles. The molecule has 0 amide bonds. The molecule has 3 heteroatoms. The fourth-order valence-electron chi connectivity index (χ4n) is 7.71. The Morgan fingerprint density at radius 1 is 0.458 bits per heavy atom. The minimum Gasteiger partial charge on any atom is -0.347 e. The standard InChI is InChI=1S/C45H89NOP/c1-6-8-10-12-14-16-18-20-22-24-26-28-30-32-34-36-40-45(44-46(3,4)5,47-48-42-38-39-43-48)41-37-35-33-31-29-27-25-23-21-19-17-15-13-11-9-7-2/h20-23H,6-19,24-44H2,1-5H3/q+1/b22-20-,23-21-. The van der Waals surface area contributed by atoms with Crippen LogP contribution in [0.5, 0.6) is 0 Å². The molecule has 0 aromatic heterocycles. The Morgan fingerprint density at radius 3 is 1.10 bits per heavy atom. The molecule has 1 aliphatic heterocycles. The van der Waals surface area contributed by atoms with Crippen molar-refractivity contribution in [2.75, 3.05) is 40.0 Å². The summed E-state index contributed by atoms with van der Waals surface area (Å²) < 4.78 is 8.29. The molecule has 284 valence electrons. The molecule has 0 unspecified atom stereocenters. The molecule has 1 aliphatic rings. The third-order valence-electron chi connectivity index (χ3n) is 10.4. The maximum absolute atomic E-state index is 7.26. The van der Waals surface area contributed by atoms with Gasteiger partial charge in [0.15, 0.2) is 0 Å². The van der Waals surface area contributed by atoms with E-state index >= 15 is 0 Å². The predicted molar refractivity (Wildman–Crippen MR) is 221 cm³/mol. The van der Waals surface area contributed by atoms with Crippen LogP contribution in [0.2, 0.25) is 0 Å². The Balaban J connectivity index is 2.29. The fraction of sp³-hybridized carbons (Fsp3) is 0.911. The normalized spacial score (nSPS) is 14.8. The zero-order valence-corrected chi connectivity index (χ0v) is 34.8. The minimum atomic E-state index is -0.198. The maximum Gasteiger partial charge on any atom is 0.121 e.